The third kappa shape index (κ3) is 18.0. The van der Waals surface area contributed by atoms with Crippen molar-refractivity contribution < 1.29 is 88.7 Å². The van der Waals surface area contributed by atoms with Gasteiger partial charge in [0.15, 0.2) is 0 Å². The number of carbonyl (C=O) groups is 5. The molecule has 0 amide bonds. The topological polar surface area (TPSA) is 221 Å². The first kappa shape index (κ1) is 29.1. The van der Waals surface area contributed by atoms with Gasteiger partial charge in [-0.3, -0.25) is 0 Å². The van der Waals surface area contributed by atoms with Crippen LogP contribution in [0.3, 0.4) is 0 Å². The number of aliphatic carboxylic acids is 5. The monoisotopic (exact) mass is 415 g/mol. The summed E-state index contributed by atoms with van der Waals surface area (Å²) in [4.78, 5) is 48.8. The number of carboxylic acid groups (broad SMARTS) is 5. The van der Waals surface area contributed by atoms with Crippen molar-refractivity contribution in [2.24, 2.45) is 0 Å². The van der Waals surface area contributed by atoms with Crippen LogP contribution in [0.1, 0.15) is 12.8 Å². The van der Waals surface area contributed by atoms with E-state index in [2.05, 4.69) is 0 Å². The van der Waals surface area contributed by atoms with E-state index in [9.17, 15) is 49.5 Å². The first-order chi connectivity index (χ1) is 9.40. The second-order valence-electron chi connectivity index (χ2n) is 3.39. The van der Waals surface area contributed by atoms with Crippen LogP contribution in [0.5, 0.6) is 0 Å². The third-order valence-electron chi connectivity index (χ3n) is 1.61. The molecule has 0 radical (unpaired) electrons. The molecule has 1 N–H and O–H groups in total. The van der Waals surface area contributed by atoms with E-state index >= 15 is 0 Å². The predicted octanol–water partition coefficient (Wildman–Crippen LogP) is -8.22. The summed E-state index contributed by atoms with van der Waals surface area (Å²) in [6.45, 7) is 0. The second-order valence-corrected chi connectivity index (χ2v) is 3.39. The molecule has 0 saturated heterocycles. The number of hydrogen-bond donors (Lipinski definition) is 1. The van der Waals surface area contributed by atoms with Gasteiger partial charge < -0.3 is 54.6 Å². The molecule has 0 fully saturated rings. The summed E-state index contributed by atoms with van der Waals surface area (Å²) in [6, 6.07) is 0. The molecule has 130 valence electrons. The summed E-state index contributed by atoms with van der Waals surface area (Å²) in [6.07, 6.45) is -1.95. The summed E-state index contributed by atoms with van der Waals surface area (Å²) < 4.78 is 0. The van der Waals surface area contributed by atoms with E-state index in [1.807, 2.05) is 0 Å². The minimum Gasteiger partial charge on any atom is -0.550 e. The number of aliphatic hydroxyl groups is 1. The van der Waals surface area contributed by atoms with Crippen LogP contribution in [0.15, 0.2) is 12.2 Å². The Balaban J connectivity index is -0.000000158. The number of carbonyl (C=O) groups excluding carboxylic acids is 5. The van der Waals surface area contributed by atoms with Gasteiger partial charge in [0.1, 0.15) is 5.60 Å². The maximum atomic E-state index is 10.1. The summed E-state index contributed by atoms with van der Waals surface area (Å²) in [7, 11) is 0. The van der Waals surface area contributed by atoms with Crippen LogP contribution in [-0.4, -0.2) is 40.6 Å². The molecule has 0 bridgehead atoms. The van der Waals surface area contributed by atoms with Crippen LogP contribution >= 0.6 is 0 Å². The van der Waals surface area contributed by atoms with Gasteiger partial charge in [-0.05, 0) is 12.2 Å². The Kier molecular flexibility index (Phi) is 17.4. The van der Waals surface area contributed by atoms with E-state index in [0.29, 0.717) is 12.2 Å². The Morgan fingerprint density at radius 1 is 0.739 bits per heavy atom. The number of rotatable bonds is 7. The quantitative estimate of drug-likeness (QED) is 0.304. The van der Waals surface area contributed by atoms with Crippen molar-refractivity contribution in [2.75, 3.05) is 0 Å². The summed E-state index contributed by atoms with van der Waals surface area (Å²) >= 11 is 0. The third-order valence-corrected chi connectivity index (χ3v) is 1.61. The Bertz CT molecular complexity index is 439. The van der Waals surface area contributed by atoms with Crippen LogP contribution < -0.4 is 25.5 Å². The molecule has 0 saturated carbocycles. The summed E-state index contributed by atoms with van der Waals surface area (Å²) in [5.41, 5.74) is -2.97. The molecule has 11 nitrogen and oxygen atoms in total. The first-order valence-corrected chi connectivity index (χ1v) is 4.84. The van der Waals surface area contributed by atoms with Crippen molar-refractivity contribution in [3.8, 4) is 0 Å². The average Bonchev–Trinajstić information content (AvgIpc) is 2.24. The van der Waals surface area contributed by atoms with Gasteiger partial charge in [-0.1, -0.05) is 0 Å². The van der Waals surface area contributed by atoms with E-state index < -0.39 is 48.3 Å². The molecular weight excluding hydrogens is 408 g/mol. The Hall–Kier alpha value is -1.91. The molecule has 23 heavy (non-hydrogen) atoms. The molecule has 13 heteroatoms. The van der Waals surface area contributed by atoms with Gasteiger partial charge in [0, 0.05) is 24.8 Å². The normalized spacial score (nSPS) is 9.43. The van der Waals surface area contributed by atoms with Crippen molar-refractivity contribution in [3.05, 3.63) is 12.2 Å². The van der Waals surface area contributed by atoms with E-state index in [4.69, 9.17) is 5.11 Å². The first-order valence-electron chi connectivity index (χ1n) is 4.84. The zero-order valence-corrected chi connectivity index (χ0v) is 13.0. The van der Waals surface area contributed by atoms with Gasteiger partial charge in [-0.15, -0.1) is 0 Å². The fraction of sp³-hybridized carbons (Fsp3) is 0.300. The average molecular weight is 415 g/mol. The molecule has 0 aliphatic rings. The van der Waals surface area contributed by atoms with E-state index in [1.54, 1.807) is 0 Å². The molecule has 0 aromatic heterocycles. The minimum atomic E-state index is -2.97. The summed E-state index contributed by atoms with van der Waals surface area (Å²) in [5.74, 6) is -9.08. The molecule has 0 aromatic rings. The van der Waals surface area contributed by atoms with Crippen LogP contribution in [0.4, 0.5) is 0 Å². The molecular formula is C10H7Fe2O11-. The minimum absolute atomic E-state index is 0. The van der Waals surface area contributed by atoms with Gasteiger partial charge in [0.2, 0.25) is 0 Å². The fourth-order valence-electron chi connectivity index (χ4n) is 0.820. The molecule has 0 spiro atoms. The Morgan fingerprint density at radius 3 is 1.13 bits per heavy atom. The molecule has 0 aliphatic carbocycles. The number of carboxylic acids is 5. The summed E-state index contributed by atoms with van der Waals surface area (Å²) in [5, 5.41) is 57.8. The van der Waals surface area contributed by atoms with Crippen molar-refractivity contribution in [3.63, 3.8) is 0 Å². The van der Waals surface area contributed by atoms with Gasteiger partial charge in [0.05, 0.1) is 17.9 Å². The zero-order valence-electron chi connectivity index (χ0n) is 10.8. The van der Waals surface area contributed by atoms with E-state index in [-0.39, 0.29) is 34.1 Å². The maximum absolute atomic E-state index is 10.1. The SMILES string of the molecule is O=C([O-])/C=C/C(=O)[O-].O=C([O-])CC(O)(CC(=O)[O-])C(=O)[O-].[Fe+2].[Fe+2]. The van der Waals surface area contributed by atoms with Gasteiger partial charge in [-0.25, -0.2) is 0 Å². The molecule has 0 aliphatic heterocycles. The van der Waals surface area contributed by atoms with Crippen molar-refractivity contribution in [2.45, 2.75) is 18.4 Å². The second kappa shape index (κ2) is 13.7. The van der Waals surface area contributed by atoms with Gasteiger partial charge in [-0.2, -0.15) is 0 Å². The van der Waals surface area contributed by atoms with Crippen LogP contribution in [0, 0.1) is 0 Å². The largest absolute Gasteiger partial charge is 2.00 e. The molecule has 0 unspecified atom stereocenters. The molecule has 0 rings (SSSR count). The Morgan fingerprint density at radius 2 is 1.00 bits per heavy atom. The van der Waals surface area contributed by atoms with Gasteiger partial charge in [0.25, 0.3) is 0 Å². The molecule has 0 aromatic carbocycles. The van der Waals surface area contributed by atoms with Crippen LogP contribution in [-0.2, 0) is 58.1 Å². The van der Waals surface area contributed by atoms with Crippen LogP contribution in [0.25, 0.3) is 0 Å². The van der Waals surface area contributed by atoms with Crippen molar-refractivity contribution >= 4 is 29.8 Å². The zero-order chi connectivity index (χ0) is 17.2. The predicted molar refractivity (Wildman–Crippen MR) is 48.4 cm³/mol. The fourth-order valence-corrected chi connectivity index (χ4v) is 0.820. The maximum Gasteiger partial charge on any atom is 2.00 e. The van der Waals surface area contributed by atoms with Gasteiger partial charge >= 0.3 is 34.1 Å². The van der Waals surface area contributed by atoms with Crippen molar-refractivity contribution in [1.29, 1.82) is 0 Å². The number of hydrogen-bond acceptors (Lipinski definition) is 11. The van der Waals surface area contributed by atoms with E-state index in [1.165, 1.54) is 0 Å². The van der Waals surface area contributed by atoms with Crippen LogP contribution in [0.2, 0.25) is 0 Å². The molecule has 0 atom stereocenters. The van der Waals surface area contributed by atoms with Crippen molar-refractivity contribution in [1.82, 2.24) is 0 Å². The standard InChI is InChI=1S/C6H8O7.C4H4O4.2Fe/c7-3(8)1-6(13,5(11)12)2-4(9)10;5-3(6)1-2-4(7)8;;/h13H,1-2H2,(H,7,8)(H,9,10)(H,11,12);1-2H,(H,5,6)(H,7,8);;/q;;2*+2/p-5/b;2-1+;;. The van der Waals surface area contributed by atoms with E-state index in [0.717, 1.165) is 0 Å². The smallest absolute Gasteiger partial charge is 0.550 e. The molecule has 0 heterocycles. The Labute approximate surface area is 149 Å².